The minimum atomic E-state index is -0.276. The van der Waals surface area contributed by atoms with E-state index in [1.165, 1.54) is 35.7 Å². The maximum atomic E-state index is 11.8. The molecule has 0 radical (unpaired) electrons. The molecule has 0 spiro atoms. The van der Waals surface area contributed by atoms with Gasteiger partial charge in [-0.15, -0.1) is 21.5 Å². The van der Waals surface area contributed by atoms with Crippen LogP contribution in [-0.4, -0.2) is 41.5 Å². The molecule has 2 heterocycles. The normalized spacial score (nSPS) is 16.0. The molecule has 2 aromatic rings. The number of hydrogen-bond acceptors (Lipinski definition) is 8. The molecule has 0 aromatic carbocycles. The van der Waals surface area contributed by atoms with Crippen molar-refractivity contribution in [2.45, 2.75) is 44.3 Å². The Balaban J connectivity index is 1.46. The molecule has 1 aliphatic carbocycles. The number of fused-ring (bicyclic) bond motifs is 1. The van der Waals surface area contributed by atoms with Gasteiger partial charge < -0.3 is 14.5 Å². The lowest BCUT2D eigenvalue weighted by atomic mass is 9.90. The smallest absolute Gasteiger partial charge is 0.305 e. The minimum Gasteiger partial charge on any atom is -0.469 e. The molecule has 0 unspecified atom stereocenters. The summed E-state index contributed by atoms with van der Waals surface area (Å²) in [5.41, 5.74) is 1.40. The van der Waals surface area contributed by atoms with Gasteiger partial charge in [-0.3, -0.25) is 9.59 Å². The maximum absolute atomic E-state index is 11.8. The highest BCUT2D eigenvalue weighted by molar-refractivity contribution is 7.99. The van der Waals surface area contributed by atoms with Crippen LogP contribution in [0.1, 0.15) is 36.6 Å². The van der Waals surface area contributed by atoms with E-state index in [0.717, 1.165) is 23.6 Å². The lowest BCUT2D eigenvalue weighted by molar-refractivity contribution is -0.140. The van der Waals surface area contributed by atoms with Crippen LogP contribution in [0.5, 0.6) is 0 Å². The van der Waals surface area contributed by atoms with Gasteiger partial charge in [0.1, 0.15) is 0 Å². The third-order valence-electron chi connectivity index (χ3n) is 4.38. The Kier molecular flexibility index (Phi) is 6.89. The Morgan fingerprint density at radius 3 is 3.11 bits per heavy atom. The Labute approximate surface area is 166 Å². The van der Waals surface area contributed by atoms with E-state index >= 15 is 0 Å². The van der Waals surface area contributed by atoms with Crippen molar-refractivity contribution in [3.8, 4) is 10.8 Å². The highest BCUT2D eigenvalue weighted by atomic mass is 32.2. The predicted octanol–water partition coefficient (Wildman–Crippen LogP) is 3.08. The third-order valence-corrected chi connectivity index (χ3v) is 6.42. The van der Waals surface area contributed by atoms with E-state index in [0.29, 0.717) is 30.5 Å². The monoisotopic (exact) mass is 409 g/mol. The first-order valence-corrected chi connectivity index (χ1v) is 10.8. The molecule has 146 valence electrons. The van der Waals surface area contributed by atoms with Crippen LogP contribution >= 0.6 is 23.1 Å². The molecular weight excluding hydrogens is 386 g/mol. The maximum Gasteiger partial charge on any atom is 0.305 e. The Hall–Kier alpha value is -1.87. The highest BCUT2D eigenvalue weighted by Gasteiger charge is 2.21. The number of rotatable bonds is 8. The number of ether oxygens (including phenoxy) is 1. The number of carbonyl (C=O) groups is 2. The van der Waals surface area contributed by atoms with Crippen LogP contribution in [-0.2, 0) is 27.2 Å². The zero-order chi connectivity index (χ0) is 19.2. The second-order valence-corrected chi connectivity index (χ2v) is 8.66. The number of hydrogen-bond donors (Lipinski definition) is 1. The molecule has 27 heavy (non-hydrogen) atoms. The van der Waals surface area contributed by atoms with Crippen LogP contribution in [0.4, 0.5) is 0 Å². The molecule has 0 saturated heterocycles. The van der Waals surface area contributed by atoms with Gasteiger partial charge in [0.05, 0.1) is 17.7 Å². The molecule has 2 aromatic heterocycles. The van der Waals surface area contributed by atoms with Crippen LogP contribution < -0.4 is 5.32 Å². The van der Waals surface area contributed by atoms with Gasteiger partial charge in [0.2, 0.25) is 5.91 Å². The van der Waals surface area contributed by atoms with Crippen LogP contribution in [0.2, 0.25) is 0 Å². The quantitative estimate of drug-likeness (QED) is 0.407. The van der Waals surface area contributed by atoms with Gasteiger partial charge >= 0.3 is 5.97 Å². The van der Waals surface area contributed by atoms with Gasteiger partial charge in [-0.25, -0.2) is 0 Å². The summed E-state index contributed by atoms with van der Waals surface area (Å²) in [6, 6.07) is 2.16. The number of aromatic nitrogens is 2. The van der Waals surface area contributed by atoms with Crippen molar-refractivity contribution in [2.24, 2.45) is 5.92 Å². The number of thioether (sulfide) groups is 1. The van der Waals surface area contributed by atoms with E-state index in [1.54, 1.807) is 11.3 Å². The fourth-order valence-corrected chi connectivity index (χ4v) is 4.64. The van der Waals surface area contributed by atoms with E-state index in [4.69, 9.17) is 4.42 Å². The summed E-state index contributed by atoms with van der Waals surface area (Å²) in [5, 5.41) is 11.3. The number of nitrogens with zero attached hydrogens (tertiary/aromatic N) is 2. The van der Waals surface area contributed by atoms with E-state index < -0.39 is 0 Å². The van der Waals surface area contributed by atoms with Crippen LogP contribution in [0.3, 0.4) is 0 Å². The molecule has 7 nitrogen and oxygen atoms in total. The van der Waals surface area contributed by atoms with Crippen molar-refractivity contribution in [3.63, 3.8) is 0 Å². The topological polar surface area (TPSA) is 94.3 Å². The summed E-state index contributed by atoms with van der Waals surface area (Å²) < 4.78 is 10.3. The first-order valence-electron chi connectivity index (χ1n) is 8.97. The molecule has 0 saturated carbocycles. The second kappa shape index (κ2) is 9.36. The van der Waals surface area contributed by atoms with E-state index in [2.05, 4.69) is 33.2 Å². The number of nitrogens with one attached hydrogen (secondary N) is 1. The van der Waals surface area contributed by atoms with Crippen molar-refractivity contribution in [2.75, 3.05) is 19.4 Å². The SMILES string of the molecule is COC(=O)CCCNC(=O)CSc1nnc(-c2cc3c(s2)CC[C@H](C)C3)o1. The van der Waals surface area contributed by atoms with Crippen molar-refractivity contribution in [1.82, 2.24) is 15.5 Å². The van der Waals surface area contributed by atoms with Crippen molar-refractivity contribution in [3.05, 3.63) is 16.5 Å². The van der Waals surface area contributed by atoms with Gasteiger partial charge in [0.15, 0.2) is 0 Å². The van der Waals surface area contributed by atoms with Gasteiger partial charge in [0.25, 0.3) is 11.1 Å². The molecule has 3 rings (SSSR count). The Morgan fingerprint density at radius 1 is 1.44 bits per heavy atom. The molecule has 0 bridgehead atoms. The summed E-state index contributed by atoms with van der Waals surface area (Å²) >= 11 is 2.93. The largest absolute Gasteiger partial charge is 0.469 e. The summed E-state index contributed by atoms with van der Waals surface area (Å²) in [4.78, 5) is 25.3. The Morgan fingerprint density at radius 2 is 2.30 bits per heavy atom. The summed E-state index contributed by atoms with van der Waals surface area (Å²) in [6.07, 6.45) is 4.30. The first kappa shape index (κ1) is 19.9. The lowest BCUT2D eigenvalue weighted by Crippen LogP contribution is -2.26. The number of amides is 1. The van der Waals surface area contributed by atoms with E-state index in [1.807, 2.05) is 0 Å². The van der Waals surface area contributed by atoms with Gasteiger partial charge in [-0.1, -0.05) is 18.7 Å². The van der Waals surface area contributed by atoms with Crippen LogP contribution in [0.25, 0.3) is 10.8 Å². The predicted molar refractivity (Wildman–Crippen MR) is 104 cm³/mol. The fourth-order valence-electron chi connectivity index (χ4n) is 2.92. The summed E-state index contributed by atoms with van der Waals surface area (Å²) in [5.74, 6) is 1.02. The van der Waals surface area contributed by atoms with Crippen molar-refractivity contribution >= 4 is 35.0 Å². The molecule has 9 heteroatoms. The molecule has 1 N–H and O–H groups in total. The second-order valence-electron chi connectivity index (χ2n) is 6.60. The van der Waals surface area contributed by atoms with E-state index in [-0.39, 0.29) is 17.6 Å². The van der Waals surface area contributed by atoms with Crippen LogP contribution in [0, 0.1) is 5.92 Å². The molecule has 0 aliphatic heterocycles. The lowest BCUT2D eigenvalue weighted by Gasteiger charge is -2.16. The molecule has 1 atom stereocenters. The molecule has 1 aliphatic rings. The molecular formula is C18H23N3O4S2. The number of thiophene rings is 1. The number of aryl methyl sites for hydroxylation is 1. The standard InChI is InChI=1S/C18H23N3O4S2/c1-11-5-6-13-12(8-11)9-14(27-13)17-20-21-18(25-17)26-10-15(22)19-7-3-4-16(23)24-2/h9,11H,3-8,10H2,1-2H3,(H,19,22)/t11-/m0/s1. The van der Waals surface area contributed by atoms with Crippen LogP contribution in [0.15, 0.2) is 15.7 Å². The first-order chi connectivity index (χ1) is 13.0. The fraction of sp³-hybridized carbons (Fsp3) is 0.556. The minimum absolute atomic E-state index is 0.134. The zero-order valence-corrected chi connectivity index (χ0v) is 17.1. The average molecular weight is 410 g/mol. The molecule has 1 amide bonds. The zero-order valence-electron chi connectivity index (χ0n) is 15.4. The Bertz CT molecular complexity index is 802. The summed E-state index contributed by atoms with van der Waals surface area (Å²) in [7, 11) is 1.35. The molecule has 0 fully saturated rings. The van der Waals surface area contributed by atoms with E-state index in [9.17, 15) is 9.59 Å². The summed E-state index contributed by atoms with van der Waals surface area (Å²) in [6.45, 7) is 2.71. The average Bonchev–Trinajstić information content (AvgIpc) is 3.29. The third kappa shape index (κ3) is 5.55. The number of methoxy groups -OCH3 is 1. The number of carbonyl (C=O) groups excluding carboxylic acids is 2. The highest BCUT2D eigenvalue weighted by Crippen LogP contribution is 2.37. The van der Waals surface area contributed by atoms with Gasteiger partial charge in [-0.2, -0.15) is 0 Å². The number of esters is 1. The van der Waals surface area contributed by atoms with Gasteiger partial charge in [-0.05, 0) is 43.2 Å². The van der Waals surface area contributed by atoms with Gasteiger partial charge in [0, 0.05) is 17.8 Å². The van der Waals surface area contributed by atoms with Crippen molar-refractivity contribution < 1.29 is 18.7 Å². The van der Waals surface area contributed by atoms with Crippen molar-refractivity contribution in [1.29, 1.82) is 0 Å².